The van der Waals surface area contributed by atoms with Crippen molar-refractivity contribution in [2.75, 3.05) is 45.2 Å². The summed E-state index contributed by atoms with van der Waals surface area (Å²) in [5, 5.41) is 13.6. The van der Waals surface area contributed by atoms with E-state index in [4.69, 9.17) is 10.5 Å². The van der Waals surface area contributed by atoms with Gasteiger partial charge in [-0.05, 0) is 68.0 Å². The number of rotatable bonds is 11. The molecule has 3 aromatic rings. The van der Waals surface area contributed by atoms with Crippen LogP contribution in [0.4, 0.5) is 23.2 Å². The van der Waals surface area contributed by atoms with E-state index in [9.17, 15) is 18.3 Å². The molecule has 4 N–H and O–H groups in total. The molecule has 6 nitrogen and oxygen atoms in total. The summed E-state index contributed by atoms with van der Waals surface area (Å²) in [6.07, 6.45) is 2.41. The number of aromatic nitrogens is 1. The van der Waals surface area contributed by atoms with E-state index in [1.807, 2.05) is 0 Å². The van der Waals surface area contributed by atoms with Crippen LogP contribution in [0.2, 0.25) is 0 Å². The van der Waals surface area contributed by atoms with E-state index in [1.54, 1.807) is 31.5 Å². The Morgan fingerprint density at radius 2 is 1.87 bits per heavy atom. The number of methoxy groups -OCH3 is 1. The summed E-state index contributed by atoms with van der Waals surface area (Å²) in [6, 6.07) is 6.64. The predicted octanol–water partition coefficient (Wildman–Crippen LogP) is 5.10. The number of nitrogens with zero attached hydrogens (tertiary/aromatic N) is 2. The van der Waals surface area contributed by atoms with E-state index in [0.717, 1.165) is 0 Å². The second-order valence-electron chi connectivity index (χ2n) is 9.96. The molecule has 0 bridgehead atoms. The number of hydrogen-bond donors (Lipinski definition) is 3. The molecule has 1 atom stereocenters. The van der Waals surface area contributed by atoms with Gasteiger partial charge in [-0.15, -0.1) is 0 Å². The molecule has 1 aliphatic rings. The number of pyridine rings is 1. The molecule has 1 aromatic heterocycles. The van der Waals surface area contributed by atoms with Crippen molar-refractivity contribution in [3.05, 3.63) is 65.1 Å². The highest BCUT2D eigenvalue weighted by Gasteiger charge is 2.35. The van der Waals surface area contributed by atoms with Gasteiger partial charge in [0.15, 0.2) is 11.6 Å². The van der Waals surface area contributed by atoms with Crippen molar-refractivity contribution in [2.24, 2.45) is 11.1 Å². The lowest BCUT2D eigenvalue weighted by molar-refractivity contribution is 0.0315. The Morgan fingerprint density at radius 3 is 2.50 bits per heavy atom. The number of aliphatic hydroxyl groups is 1. The molecule has 1 fully saturated rings. The molecule has 2 heterocycles. The zero-order chi connectivity index (χ0) is 27.3. The van der Waals surface area contributed by atoms with E-state index < -0.39 is 29.0 Å². The molecule has 4 rings (SSSR count). The van der Waals surface area contributed by atoms with E-state index >= 15 is 4.39 Å². The summed E-state index contributed by atoms with van der Waals surface area (Å²) >= 11 is 0. The third kappa shape index (κ3) is 6.19. The average Bonchev–Trinajstić information content (AvgIpc) is 2.92. The third-order valence-corrected chi connectivity index (χ3v) is 7.65. The Labute approximate surface area is 219 Å². The number of alkyl halides is 1. The normalized spacial score (nSPS) is 16.5. The van der Waals surface area contributed by atoms with Crippen LogP contribution < -0.4 is 15.8 Å². The van der Waals surface area contributed by atoms with Crippen LogP contribution >= 0.6 is 0 Å². The molecule has 38 heavy (non-hydrogen) atoms. The predicted molar refractivity (Wildman–Crippen MR) is 139 cm³/mol. The number of fused-ring (bicyclic) bond motifs is 1. The largest absolute Gasteiger partial charge is 0.497 e. The lowest BCUT2D eigenvalue weighted by Gasteiger charge is -2.41. The Morgan fingerprint density at radius 1 is 1.16 bits per heavy atom. The van der Waals surface area contributed by atoms with E-state index in [2.05, 4.69) is 15.2 Å². The molecule has 0 amide bonds. The number of aliphatic hydroxyl groups excluding tert-OH is 1. The second kappa shape index (κ2) is 12.3. The third-order valence-electron chi connectivity index (χ3n) is 7.65. The van der Waals surface area contributed by atoms with Crippen LogP contribution in [0.15, 0.2) is 36.5 Å². The van der Waals surface area contributed by atoms with E-state index in [0.29, 0.717) is 78.8 Å². The summed E-state index contributed by atoms with van der Waals surface area (Å²) < 4.78 is 61.9. The highest BCUT2D eigenvalue weighted by molar-refractivity contribution is 5.85. The van der Waals surface area contributed by atoms with Crippen molar-refractivity contribution in [2.45, 2.75) is 38.4 Å². The number of piperidine rings is 1. The van der Waals surface area contributed by atoms with Crippen LogP contribution in [-0.4, -0.2) is 54.9 Å². The Balaban J connectivity index is 1.35. The summed E-state index contributed by atoms with van der Waals surface area (Å²) in [4.78, 5) is 6.53. The number of nitrogens with one attached hydrogen (secondary N) is 1. The molecule has 1 unspecified atom stereocenters. The van der Waals surface area contributed by atoms with Crippen molar-refractivity contribution < 1.29 is 27.4 Å². The lowest BCUT2D eigenvalue weighted by Crippen LogP contribution is -2.43. The number of benzene rings is 2. The van der Waals surface area contributed by atoms with Gasteiger partial charge in [0.25, 0.3) is 0 Å². The van der Waals surface area contributed by atoms with Crippen LogP contribution in [0.25, 0.3) is 10.9 Å². The second-order valence-corrected chi connectivity index (χ2v) is 9.96. The molecule has 0 spiro atoms. The summed E-state index contributed by atoms with van der Waals surface area (Å²) in [5.74, 6) is -2.30. The molecule has 1 saturated heterocycles. The lowest BCUT2D eigenvalue weighted by atomic mass is 9.74. The first-order chi connectivity index (χ1) is 18.3. The van der Waals surface area contributed by atoms with Gasteiger partial charge in [0.05, 0.1) is 12.6 Å². The van der Waals surface area contributed by atoms with Crippen LogP contribution in [0.1, 0.15) is 43.0 Å². The highest BCUT2D eigenvalue weighted by Crippen LogP contribution is 2.41. The molecule has 0 radical (unpaired) electrons. The number of hydrogen-bond acceptors (Lipinski definition) is 6. The van der Waals surface area contributed by atoms with Gasteiger partial charge in [0, 0.05) is 55.5 Å². The number of ether oxygens (including phenoxy) is 1. The zero-order valence-corrected chi connectivity index (χ0v) is 21.5. The fourth-order valence-electron chi connectivity index (χ4n) is 5.26. The van der Waals surface area contributed by atoms with Crippen LogP contribution in [-0.2, 0) is 6.54 Å². The monoisotopic (exact) mass is 534 g/mol. The first-order valence-electron chi connectivity index (χ1n) is 12.8. The standard InChI is InChI=1S/C28H34F4N4O2/c1-38-20-2-3-25-21(14-20)26(18(15-33)16-35-25)22(30)4-5-28(17-37)6-9-36(10-7-28)11-8-34-27-23(31)12-19(29)13-24(27)32/h2-3,12-14,16,22,34,37H,4-11,15,17,33H2,1H3. The number of likely N-dealkylation sites (tertiary alicyclic amines) is 1. The van der Waals surface area contributed by atoms with E-state index in [-0.39, 0.29) is 31.8 Å². The minimum Gasteiger partial charge on any atom is -0.497 e. The van der Waals surface area contributed by atoms with E-state index in [1.165, 1.54) is 0 Å². The van der Waals surface area contributed by atoms with Crippen molar-refractivity contribution >= 4 is 16.6 Å². The quantitative estimate of drug-likeness (QED) is 0.297. The SMILES string of the molecule is COc1ccc2ncc(CN)c(C(F)CCC3(CO)CCN(CCNc4c(F)cc(F)cc4F)CC3)c2c1. The van der Waals surface area contributed by atoms with Crippen LogP contribution in [0.5, 0.6) is 5.75 Å². The maximum absolute atomic E-state index is 15.8. The fourth-order valence-corrected chi connectivity index (χ4v) is 5.26. The minimum absolute atomic E-state index is 0.0491. The minimum atomic E-state index is -1.28. The maximum atomic E-state index is 15.8. The van der Waals surface area contributed by atoms with Crippen LogP contribution in [0, 0.1) is 22.9 Å². The fraction of sp³-hybridized carbons (Fsp3) is 0.464. The van der Waals surface area contributed by atoms with Gasteiger partial charge in [-0.3, -0.25) is 4.98 Å². The summed E-state index contributed by atoms with van der Waals surface area (Å²) in [5.41, 5.74) is 6.99. The van der Waals surface area contributed by atoms with Gasteiger partial charge < -0.3 is 25.8 Å². The topological polar surface area (TPSA) is 83.6 Å². The van der Waals surface area contributed by atoms with Gasteiger partial charge in [0.2, 0.25) is 0 Å². The van der Waals surface area contributed by atoms with Gasteiger partial charge >= 0.3 is 0 Å². The Bertz CT molecular complexity index is 1220. The van der Waals surface area contributed by atoms with Crippen molar-refractivity contribution in [3.63, 3.8) is 0 Å². The van der Waals surface area contributed by atoms with Gasteiger partial charge in [0.1, 0.15) is 23.4 Å². The van der Waals surface area contributed by atoms with Crippen molar-refractivity contribution in [1.82, 2.24) is 9.88 Å². The smallest absolute Gasteiger partial charge is 0.152 e. The van der Waals surface area contributed by atoms with Crippen LogP contribution in [0.3, 0.4) is 0 Å². The highest BCUT2D eigenvalue weighted by atomic mass is 19.1. The van der Waals surface area contributed by atoms with Crippen molar-refractivity contribution in [1.29, 1.82) is 0 Å². The van der Waals surface area contributed by atoms with Gasteiger partial charge in [-0.25, -0.2) is 17.6 Å². The zero-order valence-electron chi connectivity index (χ0n) is 21.5. The molecule has 0 saturated carbocycles. The first-order valence-corrected chi connectivity index (χ1v) is 12.8. The molecular weight excluding hydrogens is 500 g/mol. The average molecular weight is 535 g/mol. The number of nitrogens with two attached hydrogens (primary N) is 1. The summed E-state index contributed by atoms with van der Waals surface area (Å²) in [6.45, 7) is 2.24. The maximum Gasteiger partial charge on any atom is 0.152 e. The van der Waals surface area contributed by atoms with Crippen molar-refractivity contribution in [3.8, 4) is 5.75 Å². The molecule has 10 heteroatoms. The molecule has 206 valence electrons. The van der Waals surface area contributed by atoms with Gasteiger partial charge in [-0.2, -0.15) is 0 Å². The Kier molecular flexibility index (Phi) is 9.07. The number of anilines is 1. The summed E-state index contributed by atoms with van der Waals surface area (Å²) in [7, 11) is 1.56. The molecule has 2 aromatic carbocycles. The first kappa shape index (κ1) is 28.1. The Hall–Kier alpha value is -2.95. The number of halogens is 4. The molecule has 1 aliphatic heterocycles. The molecule has 0 aliphatic carbocycles. The molecular formula is C28H34F4N4O2. The van der Waals surface area contributed by atoms with Gasteiger partial charge in [-0.1, -0.05) is 0 Å².